The van der Waals surface area contributed by atoms with Crippen LogP contribution in [-0.4, -0.2) is 54.6 Å². The van der Waals surface area contributed by atoms with E-state index >= 15 is 0 Å². The van der Waals surface area contributed by atoms with E-state index in [0.29, 0.717) is 31.6 Å². The fourth-order valence-electron chi connectivity index (χ4n) is 4.05. The Balaban J connectivity index is 1.53. The predicted octanol–water partition coefficient (Wildman–Crippen LogP) is 3.77. The van der Waals surface area contributed by atoms with Crippen molar-refractivity contribution in [2.24, 2.45) is 5.92 Å². The third kappa shape index (κ3) is 7.61. The van der Waals surface area contributed by atoms with Gasteiger partial charge in [0.25, 0.3) is 5.91 Å². The molecular formula is C27H35N3O4. The highest BCUT2D eigenvalue weighted by atomic mass is 16.6. The second kappa shape index (κ2) is 11.7. The van der Waals surface area contributed by atoms with Crippen LogP contribution in [0.5, 0.6) is 0 Å². The number of amides is 3. The second-order valence-electron chi connectivity index (χ2n) is 9.63. The summed E-state index contributed by atoms with van der Waals surface area (Å²) < 4.78 is 5.18. The molecule has 2 N–H and O–H groups in total. The number of alkyl carbamates (subject to hydrolysis) is 1. The number of benzene rings is 2. The summed E-state index contributed by atoms with van der Waals surface area (Å²) >= 11 is 0. The van der Waals surface area contributed by atoms with E-state index in [0.717, 1.165) is 24.0 Å². The van der Waals surface area contributed by atoms with Crippen molar-refractivity contribution in [2.45, 2.75) is 45.6 Å². The van der Waals surface area contributed by atoms with E-state index in [1.165, 1.54) is 0 Å². The van der Waals surface area contributed by atoms with Crippen LogP contribution in [0.4, 0.5) is 4.79 Å². The molecule has 1 aliphatic rings. The molecule has 0 spiro atoms. The summed E-state index contributed by atoms with van der Waals surface area (Å²) in [5.41, 5.74) is 2.26. The van der Waals surface area contributed by atoms with Crippen LogP contribution in [0.15, 0.2) is 54.6 Å². The molecule has 3 rings (SSSR count). The van der Waals surface area contributed by atoms with Gasteiger partial charge in [0.2, 0.25) is 5.91 Å². The number of carbonyl (C=O) groups excluding carboxylic acids is 3. The lowest BCUT2D eigenvalue weighted by Crippen LogP contribution is -2.46. The molecule has 1 heterocycles. The zero-order valence-electron chi connectivity index (χ0n) is 20.3. The first-order valence-corrected chi connectivity index (χ1v) is 11.9. The number of piperidine rings is 1. The summed E-state index contributed by atoms with van der Waals surface area (Å²) in [5.74, 6) is -0.391. The normalized spacial score (nSPS) is 16.0. The Bertz CT molecular complexity index is 985. The SMILES string of the molecule is CC(C)(C)OC(=O)NCCNC(=O)C1CCCN(C(=O)c2ccccc2Cc2ccccc2)C1. The van der Waals surface area contributed by atoms with Crippen LogP contribution in [0.1, 0.15) is 55.1 Å². The average molecular weight is 466 g/mol. The molecule has 7 nitrogen and oxygen atoms in total. The number of ether oxygens (including phenoxy) is 1. The number of hydrogen-bond acceptors (Lipinski definition) is 4. The quantitative estimate of drug-likeness (QED) is 0.610. The Morgan fingerprint density at radius 3 is 2.38 bits per heavy atom. The molecule has 7 heteroatoms. The summed E-state index contributed by atoms with van der Waals surface area (Å²) in [6, 6.07) is 17.8. The lowest BCUT2D eigenvalue weighted by Gasteiger charge is -2.32. The highest BCUT2D eigenvalue weighted by Crippen LogP contribution is 2.22. The van der Waals surface area contributed by atoms with Gasteiger partial charge in [0.15, 0.2) is 0 Å². The molecule has 0 aromatic heterocycles. The molecule has 0 saturated carbocycles. The van der Waals surface area contributed by atoms with Crippen molar-refractivity contribution in [1.82, 2.24) is 15.5 Å². The minimum absolute atomic E-state index is 0.0318. The molecule has 0 aliphatic carbocycles. The van der Waals surface area contributed by atoms with Crippen LogP contribution in [0.2, 0.25) is 0 Å². The van der Waals surface area contributed by atoms with Crippen molar-refractivity contribution in [2.75, 3.05) is 26.2 Å². The highest BCUT2D eigenvalue weighted by molar-refractivity contribution is 5.96. The third-order valence-corrected chi connectivity index (χ3v) is 5.66. The molecular weight excluding hydrogens is 430 g/mol. The first-order chi connectivity index (χ1) is 16.2. The van der Waals surface area contributed by atoms with E-state index in [1.54, 1.807) is 25.7 Å². The van der Waals surface area contributed by atoms with Crippen LogP contribution in [0, 0.1) is 5.92 Å². The molecule has 1 atom stereocenters. The molecule has 1 unspecified atom stereocenters. The van der Waals surface area contributed by atoms with Crippen molar-refractivity contribution in [3.63, 3.8) is 0 Å². The summed E-state index contributed by atoms with van der Waals surface area (Å²) in [7, 11) is 0. The van der Waals surface area contributed by atoms with E-state index < -0.39 is 11.7 Å². The Morgan fingerprint density at radius 2 is 1.65 bits per heavy atom. The molecule has 0 radical (unpaired) electrons. The minimum Gasteiger partial charge on any atom is -0.444 e. The second-order valence-corrected chi connectivity index (χ2v) is 9.63. The van der Waals surface area contributed by atoms with Crippen LogP contribution in [0.3, 0.4) is 0 Å². The topological polar surface area (TPSA) is 87.7 Å². The summed E-state index contributed by atoms with van der Waals surface area (Å²) in [6.45, 7) is 7.01. The number of nitrogens with zero attached hydrogens (tertiary/aromatic N) is 1. The van der Waals surface area contributed by atoms with Gasteiger partial charge in [-0.3, -0.25) is 9.59 Å². The molecule has 1 aliphatic heterocycles. The zero-order chi connectivity index (χ0) is 24.6. The Morgan fingerprint density at radius 1 is 0.971 bits per heavy atom. The fourth-order valence-corrected chi connectivity index (χ4v) is 4.05. The molecule has 3 amide bonds. The largest absolute Gasteiger partial charge is 0.444 e. The van der Waals surface area contributed by atoms with Gasteiger partial charge in [-0.25, -0.2) is 4.79 Å². The molecule has 1 fully saturated rings. The van der Waals surface area contributed by atoms with Gasteiger partial charge in [0, 0.05) is 31.7 Å². The van der Waals surface area contributed by atoms with Gasteiger partial charge in [-0.15, -0.1) is 0 Å². The summed E-state index contributed by atoms with van der Waals surface area (Å²) in [6.07, 6.45) is 1.69. The van der Waals surface area contributed by atoms with Crippen molar-refractivity contribution in [1.29, 1.82) is 0 Å². The van der Waals surface area contributed by atoms with E-state index in [9.17, 15) is 14.4 Å². The van der Waals surface area contributed by atoms with E-state index in [-0.39, 0.29) is 24.3 Å². The maximum absolute atomic E-state index is 13.4. The van der Waals surface area contributed by atoms with Gasteiger partial charge < -0.3 is 20.3 Å². The van der Waals surface area contributed by atoms with Gasteiger partial charge in [-0.05, 0) is 57.2 Å². The van der Waals surface area contributed by atoms with Gasteiger partial charge in [0.05, 0.1) is 5.92 Å². The number of likely N-dealkylation sites (tertiary alicyclic amines) is 1. The van der Waals surface area contributed by atoms with Gasteiger partial charge in [-0.1, -0.05) is 48.5 Å². The van der Waals surface area contributed by atoms with Crippen molar-refractivity contribution in [3.8, 4) is 0 Å². The summed E-state index contributed by atoms with van der Waals surface area (Å²) in [4.78, 5) is 39.6. The van der Waals surface area contributed by atoms with Crippen molar-refractivity contribution in [3.05, 3.63) is 71.3 Å². The highest BCUT2D eigenvalue weighted by Gasteiger charge is 2.29. The number of nitrogens with one attached hydrogen (secondary N) is 2. The Kier molecular flexibility index (Phi) is 8.68. The van der Waals surface area contributed by atoms with E-state index in [4.69, 9.17) is 4.74 Å². The number of rotatable bonds is 7. The van der Waals surface area contributed by atoms with Gasteiger partial charge in [0.1, 0.15) is 5.60 Å². The molecule has 34 heavy (non-hydrogen) atoms. The maximum Gasteiger partial charge on any atom is 0.407 e. The van der Waals surface area contributed by atoms with E-state index in [1.807, 2.05) is 42.5 Å². The molecule has 2 aromatic carbocycles. The lowest BCUT2D eigenvalue weighted by atomic mass is 9.94. The Labute approximate surface area is 201 Å². The molecule has 0 bridgehead atoms. The van der Waals surface area contributed by atoms with E-state index in [2.05, 4.69) is 22.8 Å². The number of hydrogen-bond donors (Lipinski definition) is 2. The van der Waals surface area contributed by atoms with Gasteiger partial charge >= 0.3 is 6.09 Å². The predicted molar refractivity (Wildman–Crippen MR) is 132 cm³/mol. The molecule has 2 aromatic rings. The summed E-state index contributed by atoms with van der Waals surface area (Å²) in [5, 5.41) is 5.50. The minimum atomic E-state index is -0.564. The first kappa shape index (κ1) is 25.3. The third-order valence-electron chi connectivity index (χ3n) is 5.66. The zero-order valence-corrected chi connectivity index (χ0v) is 20.3. The standard InChI is InChI=1S/C27H35N3O4/c1-27(2,3)34-26(33)29-16-15-28-24(31)22-13-9-17-30(19-22)25(32)23-14-8-7-12-21(23)18-20-10-5-4-6-11-20/h4-8,10-12,14,22H,9,13,15-19H2,1-3H3,(H,28,31)(H,29,33). The van der Waals surface area contributed by atoms with Crippen LogP contribution in [-0.2, 0) is 16.0 Å². The molecule has 182 valence electrons. The van der Waals surface area contributed by atoms with Crippen LogP contribution in [0.25, 0.3) is 0 Å². The van der Waals surface area contributed by atoms with Crippen molar-refractivity contribution >= 4 is 17.9 Å². The Hall–Kier alpha value is -3.35. The maximum atomic E-state index is 13.4. The first-order valence-electron chi connectivity index (χ1n) is 11.9. The monoisotopic (exact) mass is 465 g/mol. The van der Waals surface area contributed by atoms with Crippen LogP contribution < -0.4 is 10.6 Å². The smallest absolute Gasteiger partial charge is 0.407 e. The van der Waals surface area contributed by atoms with Crippen LogP contribution >= 0.6 is 0 Å². The molecule has 1 saturated heterocycles. The fraction of sp³-hybridized carbons (Fsp3) is 0.444. The lowest BCUT2D eigenvalue weighted by molar-refractivity contribution is -0.126. The average Bonchev–Trinajstić information content (AvgIpc) is 2.81. The van der Waals surface area contributed by atoms with Gasteiger partial charge in [-0.2, -0.15) is 0 Å². The van der Waals surface area contributed by atoms with Crippen molar-refractivity contribution < 1.29 is 19.1 Å². The number of carbonyl (C=O) groups is 3.